The van der Waals surface area contributed by atoms with Crippen molar-refractivity contribution in [2.75, 3.05) is 19.7 Å². The lowest BCUT2D eigenvalue weighted by atomic mass is 10.2. The summed E-state index contributed by atoms with van der Waals surface area (Å²) in [5.74, 6) is 0.578. The van der Waals surface area contributed by atoms with Crippen LogP contribution in [0, 0.1) is 0 Å². The van der Waals surface area contributed by atoms with Crippen LogP contribution >= 0.6 is 11.6 Å². The number of halogens is 1. The summed E-state index contributed by atoms with van der Waals surface area (Å²) in [5.41, 5.74) is -0.523. The summed E-state index contributed by atoms with van der Waals surface area (Å²) in [5, 5.41) is 5.97. The zero-order chi connectivity index (χ0) is 18.0. The summed E-state index contributed by atoms with van der Waals surface area (Å²) in [4.78, 5) is 23.1. The minimum absolute atomic E-state index is 0.0873. The number of carbonyl (C=O) groups is 2. The van der Waals surface area contributed by atoms with Gasteiger partial charge in [0.1, 0.15) is 18.0 Å². The Labute approximate surface area is 147 Å². The maximum Gasteiger partial charge on any atom is 0.407 e. The number of ether oxygens (including phenoxy) is 2. The van der Waals surface area contributed by atoms with Crippen molar-refractivity contribution < 1.29 is 19.1 Å². The van der Waals surface area contributed by atoms with Gasteiger partial charge in [0, 0.05) is 18.0 Å². The zero-order valence-electron chi connectivity index (χ0n) is 14.4. The Kier molecular flexibility index (Phi) is 8.40. The second-order valence-corrected chi connectivity index (χ2v) is 6.62. The monoisotopic (exact) mass is 356 g/mol. The molecule has 1 aromatic rings. The smallest absolute Gasteiger partial charge is 0.407 e. The van der Waals surface area contributed by atoms with Gasteiger partial charge in [0.25, 0.3) is 0 Å². The standard InChI is InChI=1S/C17H25ClN2O4/c1-17(2,3)24-16(22)20-9-5-8-15(21)19-10-11-23-14-7-4-6-13(18)12-14/h4,6-7,12H,5,8-11H2,1-3H3,(H,19,21)(H,20,22). The summed E-state index contributed by atoms with van der Waals surface area (Å²) in [7, 11) is 0. The zero-order valence-corrected chi connectivity index (χ0v) is 15.1. The fraction of sp³-hybridized carbons (Fsp3) is 0.529. The minimum atomic E-state index is -0.523. The molecule has 6 nitrogen and oxygen atoms in total. The molecule has 2 N–H and O–H groups in total. The molecule has 1 aromatic carbocycles. The van der Waals surface area contributed by atoms with Crippen molar-refractivity contribution in [1.29, 1.82) is 0 Å². The van der Waals surface area contributed by atoms with E-state index in [9.17, 15) is 9.59 Å². The summed E-state index contributed by atoms with van der Waals surface area (Å²) >= 11 is 5.85. The van der Waals surface area contributed by atoms with Gasteiger partial charge in [0.15, 0.2) is 0 Å². The van der Waals surface area contributed by atoms with Gasteiger partial charge in [0.05, 0.1) is 6.54 Å². The Bertz CT molecular complexity index is 544. The largest absolute Gasteiger partial charge is 0.492 e. The van der Waals surface area contributed by atoms with Gasteiger partial charge >= 0.3 is 6.09 Å². The van der Waals surface area contributed by atoms with Crippen molar-refractivity contribution >= 4 is 23.6 Å². The average molecular weight is 357 g/mol. The van der Waals surface area contributed by atoms with E-state index in [1.807, 2.05) is 0 Å². The van der Waals surface area contributed by atoms with Crippen LogP contribution in [0.1, 0.15) is 33.6 Å². The third-order valence-electron chi connectivity index (χ3n) is 2.74. The molecule has 0 unspecified atom stereocenters. The number of carbonyl (C=O) groups excluding carboxylic acids is 2. The molecule has 24 heavy (non-hydrogen) atoms. The fourth-order valence-corrected chi connectivity index (χ4v) is 1.94. The molecular weight excluding hydrogens is 332 g/mol. The number of nitrogens with one attached hydrogen (secondary N) is 2. The molecule has 0 spiro atoms. The van der Waals surface area contributed by atoms with Crippen molar-refractivity contribution in [2.45, 2.75) is 39.2 Å². The van der Waals surface area contributed by atoms with E-state index in [2.05, 4.69) is 10.6 Å². The van der Waals surface area contributed by atoms with Gasteiger partial charge in [-0.3, -0.25) is 4.79 Å². The lowest BCUT2D eigenvalue weighted by molar-refractivity contribution is -0.121. The first-order chi connectivity index (χ1) is 11.3. The van der Waals surface area contributed by atoms with Crippen LogP contribution < -0.4 is 15.4 Å². The summed E-state index contributed by atoms with van der Waals surface area (Å²) in [6.07, 6.45) is 0.394. The number of hydrogen-bond acceptors (Lipinski definition) is 4. The molecule has 0 heterocycles. The highest BCUT2D eigenvalue weighted by Crippen LogP contribution is 2.16. The van der Waals surface area contributed by atoms with Crippen LogP contribution in [-0.4, -0.2) is 37.3 Å². The van der Waals surface area contributed by atoms with Gasteiger partial charge in [-0.25, -0.2) is 4.79 Å². The van der Waals surface area contributed by atoms with Crippen LogP contribution in [0.2, 0.25) is 5.02 Å². The van der Waals surface area contributed by atoms with Gasteiger partial charge in [-0.1, -0.05) is 17.7 Å². The molecule has 0 aromatic heterocycles. The highest BCUT2D eigenvalue weighted by Gasteiger charge is 2.15. The molecule has 0 fully saturated rings. The second kappa shape index (κ2) is 10.0. The quantitative estimate of drug-likeness (QED) is 0.701. The van der Waals surface area contributed by atoms with Gasteiger partial charge in [-0.2, -0.15) is 0 Å². The maximum atomic E-state index is 11.7. The van der Waals surface area contributed by atoms with Crippen LogP contribution in [0.3, 0.4) is 0 Å². The van der Waals surface area contributed by atoms with E-state index in [0.29, 0.717) is 43.3 Å². The Balaban J connectivity index is 2.05. The molecule has 0 bridgehead atoms. The topological polar surface area (TPSA) is 76.7 Å². The molecule has 0 atom stereocenters. The highest BCUT2D eigenvalue weighted by molar-refractivity contribution is 6.30. The summed E-state index contributed by atoms with van der Waals surface area (Å²) in [6, 6.07) is 7.08. The molecule has 0 saturated carbocycles. The van der Waals surface area contributed by atoms with E-state index >= 15 is 0 Å². The number of hydrogen-bond donors (Lipinski definition) is 2. The predicted octanol–water partition coefficient (Wildman–Crippen LogP) is 3.14. The SMILES string of the molecule is CC(C)(C)OC(=O)NCCCC(=O)NCCOc1cccc(Cl)c1. The molecule has 0 aliphatic carbocycles. The van der Waals surface area contributed by atoms with Crippen LogP contribution in [0.25, 0.3) is 0 Å². The lowest BCUT2D eigenvalue weighted by Crippen LogP contribution is -2.33. The normalized spacial score (nSPS) is 10.8. The highest BCUT2D eigenvalue weighted by atomic mass is 35.5. The van der Waals surface area contributed by atoms with E-state index in [-0.39, 0.29) is 5.91 Å². The number of benzene rings is 1. The van der Waals surface area contributed by atoms with Crippen LogP contribution in [0.5, 0.6) is 5.75 Å². The van der Waals surface area contributed by atoms with Crippen molar-refractivity contribution in [1.82, 2.24) is 10.6 Å². The number of amides is 2. The van der Waals surface area contributed by atoms with Crippen LogP contribution in [0.4, 0.5) is 4.79 Å². The third-order valence-corrected chi connectivity index (χ3v) is 2.97. The first-order valence-corrected chi connectivity index (χ1v) is 8.26. The van der Waals surface area contributed by atoms with E-state index in [0.717, 1.165) is 0 Å². The molecule has 0 aliphatic heterocycles. The number of rotatable bonds is 8. The summed E-state index contributed by atoms with van der Waals surface area (Å²) < 4.78 is 10.6. The van der Waals surface area contributed by atoms with Crippen molar-refractivity contribution in [3.63, 3.8) is 0 Å². The Morgan fingerprint density at radius 2 is 1.92 bits per heavy atom. The van der Waals surface area contributed by atoms with Crippen LogP contribution in [0.15, 0.2) is 24.3 Å². The third kappa shape index (κ3) is 9.94. The second-order valence-electron chi connectivity index (χ2n) is 6.19. The predicted molar refractivity (Wildman–Crippen MR) is 93.4 cm³/mol. The van der Waals surface area contributed by atoms with Crippen molar-refractivity contribution in [2.24, 2.45) is 0 Å². The Morgan fingerprint density at radius 3 is 2.58 bits per heavy atom. The van der Waals surface area contributed by atoms with Gasteiger partial charge < -0.3 is 20.1 Å². The van der Waals surface area contributed by atoms with E-state index in [4.69, 9.17) is 21.1 Å². The van der Waals surface area contributed by atoms with Gasteiger partial charge in [-0.05, 0) is 45.4 Å². The average Bonchev–Trinajstić information content (AvgIpc) is 2.46. The lowest BCUT2D eigenvalue weighted by Gasteiger charge is -2.19. The summed E-state index contributed by atoms with van der Waals surface area (Å²) in [6.45, 7) is 6.55. The van der Waals surface area contributed by atoms with Crippen molar-refractivity contribution in [3.8, 4) is 5.75 Å². The molecule has 0 saturated heterocycles. The molecule has 134 valence electrons. The Hall–Kier alpha value is -1.95. The molecule has 0 radical (unpaired) electrons. The van der Waals surface area contributed by atoms with Crippen molar-refractivity contribution in [3.05, 3.63) is 29.3 Å². The fourth-order valence-electron chi connectivity index (χ4n) is 1.76. The molecule has 0 aliphatic rings. The van der Waals surface area contributed by atoms with Gasteiger partial charge in [0.2, 0.25) is 5.91 Å². The van der Waals surface area contributed by atoms with E-state index in [1.165, 1.54) is 0 Å². The van der Waals surface area contributed by atoms with Crippen LogP contribution in [-0.2, 0) is 9.53 Å². The van der Waals surface area contributed by atoms with E-state index in [1.54, 1.807) is 45.0 Å². The van der Waals surface area contributed by atoms with Gasteiger partial charge in [-0.15, -0.1) is 0 Å². The number of alkyl carbamates (subject to hydrolysis) is 1. The first-order valence-electron chi connectivity index (χ1n) is 7.88. The molecule has 1 rings (SSSR count). The minimum Gasteiger partial charge on any atom is -0.492 e. The molecule has 2 amide bonds. The molecular formula is C17H25ClN2O4. The molecule has 7 heteroatoms. The Morgan fingerprint density at radius 1 is 1.17 bits per heavy atom. The van der Waals surface area contributed by atoms with E-state index < -0.39 is 11.7 Å². The first kappa shape index (κ1) is 20.1. The maximum absolute atomic E-state index is 11.7.